The fraction of sp³-hybridized carbons (Fsp3) is 0.833. The molecule has 4 heteroatoms. The molecule has 1 amide bonds. The van der Waals surface area contributed by atoms with Crippen LogP contribution >= 0.6 is 0 Å². The van der Waals surface area contributed by atoms with Crippen molar-refractivity contribution in [2.24, 2.45) is 11.8 Å². The summed E-state index contributed by atoms with van der Waals surface area (Å²) >= 11 is 0. The van der Waals surface area contributed by atoms with Crippen molar-refractivity contribution in [3.63, 3.8) is 0 Å². The fourth-order valence-corrected chi connectivity index (χ4v) is 2.26. The zero-order valence-corrected chi connectivity index (χ0v) is 10.4. The van der Waals surface area contributed by atoms with Crippen LogP contribution in [0, 0.1) is 11.8 Å². The highest BCUT2D eigenvalue weighted by molar-refractivity contribution is 5.73. The minimum Gasteiger partial charge on any atom is -0.469 e. The molecular weight excluding hydrogens is 206 g/mol. The molecule has 1 aliphatic rings. The van der Waals surface area contributed by atoms with Crippen LogP contribution < -0.4 is 0 Å². The molecule has 0 aromatic heterocycles. The van der Waals surface area contributed by atoms with E-state index in [9.17, 15) is 9.59 Å². The summed E-state index contributed by atoms with van der Waals surface area (Å²) in [6.07, 6.45) is 3.81. The van der Waals surface area contributed by atoms with Gasteiger partial charge in [0.2, 0.25) is 5.91 Å². The van der Waals surface area contributed by atoms with Crippen LogP contribution in [0.3, 0.4) is 0 Å². The third kappa shape index (κ3) is 3.51. The van der Waals surface area contributed by atoms with Crippen molar-refractivity contribution in [1.29, 1.82) is 0 Å². The second-order valence-electron chi connectivity index (χ2n) is 4.64. The van der Waals surface area contributed by atoms with Crippen LogP contribution in [0.15, 0.2) is 0 Å². The molecular formula is C12H21NO3. The number of hydrogen-bond donors (Lipinski definition) is 0. The quantitative estimate of drug-likeness (QED) is 0.685. The number of amides is 1. The Bertz CT molecular complexity index is 257. The smallest absolute Gasteiger partial charge is 0.308 e. The van der Waals surface area contributed by atoms with Crippen LogP contribution in [0.2, 0.25) is 0 Å². The number of carbonyl (C=O) groups excluding carboxylic acids is 2. The van der Waals surface area contributed by atoms with Gasteiger partial charge in [0.05, 0.1) is 13.0 Å². The third-order valence-corrected chi connectivity index (χ3v) is 3.45. The van der Waals surface area contributed by atoms with E-state index in [0.29, 0.717) is 5.92 Å². The fourth-order valence-electron chi connectivity index (χ4n) is 2.26. The maximum Gasteiger partial charge on any atom is 0.308 e. The molecule has 0 N–H and O–H groups in total. The lowest BCUT2D eigenvalue weighted by atomic mass is 9.82. The Balaban J connectivity index is 2.32. The van der Waals surface area contributed by atoms with Crippen LogP contribution in [0.4, 0.5) is 0 Å². The highest BCUT2D eigenvalue weighted by Gasteiger charge is 2.27. The van der Waals surface area contributed by atoms with E-state index in [2.05, 4.69) is 0 Å². The molecule has 92 valence electrons. The maximum absolute atomic E-state index is 11.3. The lowest BCUT2D eigenvalue weighted by Crippen LogP contribution is -2.33. The molecule has 1 rings (SSSR count). The number of ether oxygens (including phenoxy) is 1. The van der Waals surface area contributed by atoms with Crippen LogP contribution in [0.25, 0.3) is 0 Å². The average Bonchev–Trinajstić information content (AvgIpc) is 2.28. The van der Waals surface area contributed by atoms with E-state index in [0.717, 1.165) is 32.2 Å². The number of methoxy groups -OCH3 is 1. The van der Waals surface area contributed by atoms with Crippen molar-refractivity contribution in [2.45, 2.75) is 32.6 Å². The zero-order valence-electron chi connectivity index (χ0n) is 10.4. The van der Waals surface area contributed by atoms with E-state index in [4.69, 9.17) is 4.74 Å². The predicted molar refractivity (Wildman–Crippen MR) is 60.8 cm³/mol. The second-order valence-corrected chi connectivity index (χ2v) is 4.64. The summed E-state index contributed by atoms with van der Waals surface area (Å²) in [5, 5.41) is 0. The molecule has 0 aromatic rings. The number of esters is 1. The largest absolute Gasteiger partial charge is 0.469 e. The number of nitrogens with zero attached hydrogens (tertiary/aromatic N) is 1. The molecule has 1 saturated carbocycles. The first-order valence-corrected chi connectivity index (χ1v) is 5.84. The molecule has 16 heavy (non-hydrogen) atoms. The molecule has 0 atom stereocenters. The molecule has 0 aliphatic heterocycles. The van der Waals surface area contributed by atoms with Gasteiger partial charge in [-0.1, -0.05) is 0 Å². The van der Waals surface area contributed by atoms with Gasteiger partial charge in [0.1, 0.15) is 0 Å². The van der Waals surface area contributed by atoms with E-state index in [-0.39, 0.29) is 17.8 Å². The Morgan fingerprint density at radius 1 is 1.25 bits per heavy atom. The van der Waals surface area contributed by atoms with Gasteiger partial charge in [0.25, 0.3) is 0 Å². The third-order valence-electron chi connectivity index (χ3n) is 3.45. The molecule has 1 aliphatic carbocycles. The Hall–Kier alpha value is -1.06. The lowest BCUT2D eigenvalue weighted by Gasteiger charge is -2.29. The summed E-state index contributed by atoms with van der Waals surface area (Å²) in [6.45, 7) is 2.39. The van der Waals surface area contributed by atoms with Crippen molar-refractivity contribution in [3.8, 4) is 0 Å². The van der Waals surface area contributed by atoms with Crippen molar-refractivity contribution < 1.29 is 14.3 Å². The monoisotopic (exact) mass is 227 g/mol. The van der Waals surface area contributed by atoms with Crippen molar-refractivity contribution in [2.75, 3.05) is 20.7 Å². The predicted octanol–water partition coefficient (Wildman–Crippen LogP) is 1.44. The Labute approximate surface area is 96.9 Å². The second kappa shape index (κ2) is 5.87. The highest BCUT2D eigenvalue weighted by Crippen LogP contribution is 2.29. The van der Waals surface area contributed by atoms with Gasteiger partial charge in [-0.2, -0.15) is 0 Å². The molecule has 1 fully saturated rings. The van der Waals surface area contributed by atoms with Crippen LogP contribution in [-0.2, 0) is 14.3 Å². The molecule has 0 saturated heterocycles. The van der Waals surface area contributed by atoms with Crippen LogP contribution in [-0.4, -0.2) is 37.5 Å². The summed E-state index contributed by atoms with van der Waals surface area (Å²) in [6, 6.07) is 0. The van der Waals surface area contributed by atoms with E-state index in [1.807, 2.05) is 7.05 Å². The number of carbonyl (C=O) groups is 2. The minimum absolute atomic E-state index is 0.0730. The van der Waals surface area contributed by atoms with E-state index < -0.39 is 0 Å². The standard InChI is InChI=1S/C12H21NO3/c1-9(14)13(2)8-10-4-6-11(7-5-10)12(15)16-3/h10-11H,4-8H2,1-3H3. The van der Waals surface area contributed by atoms with Crippen molar-refractivity contribution in [1.82, 2.24) is 4.90 Å². The van der Waals surface area contributed by atoms with Gasteiger partial charge in [-0.25, -0.2) is 0 Å². The van der Waals surface area contributed by atoms with Gasteiger partial charge in [0, 0.05) is 20.5 Å². The maximum atomic E-state index is 11.3. The number of rotatable bonds is 3. The number of hydrogen-bond acceptors (Lipinski definition) is 3. The normalized spacial score (nSPS) is 24.9. The molecule has 0 spiro atoms. The van der Waals surface area contributed by atoms with Crippen molar-refractivity contribution >= 4 is 11.9 Å². The van der Waals surface area contributed by atoms with Gasteiger partial charge in [-0.15, -0.1) is 0 Å². The highest BCUT2D eigenvalue weighted by atomic mass is 16.5. The first-order chi connectivity index (χ1) is 7.54. The van der Waals surface area contributed by atoms with Crippen molar-refractivity contribution in [3.05, 3.63) is 0 Å². The summed E-state index contributed by atoms with van der Waals surface area (Å²) < 4.78 is 4.74. The molecule has 0 aromatic carbocycles. The van der Waals surface area contributed by atoms with Gasteiger partial charge in [-0.05, 0) is 31.6 Å². The molecule has 4 nitrogen and oxygen atoms in total. The molecule has 0 radical (unpaired) electrons. The SMILES string of the molecule is COC(=O)C1CCC(CN(C)C(C)=O)CC1. The van der Waals surface area contributed by atoms with E-state index in [1.54, 1.807) is 11.8 Å². The summed E-state index contributed by atoms with van der Waals surface area (Å²) in [5.41, 5.74) is 0. The molecule has 0 bridgehead atoms. The first-order valence-electron chi connectivity index (χ1n) is 5.84. The van der Waals surface area contributed by atoms with Crippen LogP contribution in [0.5, 0.6) is 0 Å². The van der Waals surface area contributed by atoms with Gasteiger partial charge in [0.15, 0.2) is 0 Å². The van der Waals surface area contributed by atoms with Gasteiger partial charge >= 0.3 is 5.97 Å². The summed E-state index contributed by atoms with van der Waals surface area (Å²) in [5.74, 6) is 0.632. The molecule has 0 heterocycles. The minimum atomic E-state index is -0.0848. The summed E-state index contributed by atoms with van der Waals surface area (Å²) in [4.78, 5) is 24.2. The van der Waals surface area contributed by atoms with Gasteiger partial charge < -0.3 is 9.64 Å². The summed E-state index contributed by atoms with van der Waals surface area (Å²) in [7, 11) is 3.27. The lowest BCUT2D eigenvalue weighted by molar-refractivity contribution is -0.147. The van der Waals surface area contributed by atoms with Gasteiger partial charge in [-0.3, -0.25) is 9.59 Å². The van der Waals surface area contributed by atoms with Crippen LogP contribution in [0.1, 0.15) is 32.6 Å². The van der Waals surface area contributed by atoms with E-state index in [1.165, 1.54) is 7.11 Å². The Morgan fingerprint density at radius 3 is 2.25 bits per heavy atom. The average molecular weight is 227 g/mol. The van der Waals surface area contributed by atoms with E-state index >= 15 is 0 Å². The first kappa shape index (κ1) is 13.0. The topological polar surface area (TPSA) is 46.6 Å². The Kier molecular flexibility index (Phi) is 4.77. The Morgan fingerprint density at radius 2 is 1.81 bits per heavy atom. The molecule has 0 unspecified atom stereocenters. The zero-order chi connectivity index (χ0) is 12.1.